The van der Waals surface area contributed by atoms with Crippen molar-refractivity contribution in [3.05, 3.63) is 77.1 Å². The number of carbonyl (C=O) groups excluding carboxylic acids is 1. The normalized spacial score (nSPS) is 11.7. The second-order valence-electron chi connectivity index (χ2n) is 7.59. The van der Waals surface area contributed by atoms with Gasteiger partial charge in [0.15, 0.2) is 11.5 Å². The van der Waals surface area contributed by atoms with Gasteiger partial charge in [-0.2, -0.15) is 28.5 Å². The Labute approximate surface area is 205 Å². The lowest BCUT2D eigenvalue weighted by molar-refractivity contribution is -0.143. The van der Waals surface area contributed by atoms with E-state index in [1.54, 1.807) is 31.2 Å². The van der Waals surface area contributed by atoms with Crippen molar-refractivity contribution in [1.82, 2.24) is 34.7 Å². The molecular weight excluding hydrogens is 499 g/mol. The van der Waals surface area contributed by atoms with Gasteiger partial charge >= 0.3 is 6.18 Å². The second-order valence-corrected chi connectivity index (χ2v) is 8.00. The van der Waals surface area contributed by atoms with Crippen LogP contribution in [0, 0.1) is 6.92 Å². The van der Waals surface area contributed by atoms with Crippen LogP contribution in [0.2, 0.25) is 5.02 Å². The summed E-state index contributed by atoms with van der Waals surface area (Å²) in [4.78, 5) is 22.4. The molecule has 0 saturated carbocycles. The van der Waals surface area contributed by atoms with Gasteiger partial charge < -0.3 is 11.1 Å². The maximum Gasteiger partial charge on any atom is 0.434 e. The van der Waals surface area contributed by atoms with Gasteiger partial charge in [0.2, 0.25) is 0 Å². The lowest BCUT2D eigenvalue weighted by atomic mass is 10.1. The minimum Gasteiger partial charge on any atom is -0.383 e. The average molecular weight is 514 g/mol. The van der Waals surface area contributed by atoms with Gasteiger partial charge in [-0.05, 0) is 13.0 Å². The van der Waals surface area contributed by atoms with Crippen LogP contribution in [-0.4, -0.2) is 40.6 Å². The average Bonchev–Trinajstić information content (AvgIpc) is 3.52. The largest absolute Gasteiger partial charge is 0.434 e. The highest BCUT2D eigenvalue weighted by atomic mass is 35.5. The number of nitrogens with one attached hydrogen (secondary N) is 1. The molecule has 5 aromatic rings. The van der Waals surface area contributed by atoms with Crippen LogP contribution in [0.1, 0.15) is 21.7 Å². The molecule has 4 heterocycles. The topological polar surface area (TPSA) is 129 Å². The summed E-state index contributed by atoms with van der Waals surface area (Å²) in [5.41, 5.74) is 4.33. The van der Waals surface area contributed by atoms with Crippen molar-refractivity contribution in [2.45, 2.75) is 13.1 Å². The molecule has 1 amide bonds. The number of fused-ring (bicyclic) bond motifs is 1. The van der Waals surface area contributed by atoms with Gasteiger partial charge in [0, 0.05) is 10.8 Å². The predicted molar refractivity (Wildman–Crippen MR) is 125 cm³/mol. The zero-order valence-corrected chi connectivity index (χ0v) is 19.1. The molecular formula is C22H15ClF3N9O. The first-order valence-corrected chi connectivity index (χ1v) is 10.7. The molecule has 0 atom stereocenters. The van der Waals surface area contributed by atoms with Crippen LogP contribution in [0.4, 0.5) is 24.7 Å². The van der Waals surface area contributed by atoms with Gasteiger partial charge in [-0.1, -0.05) is 35.9 Å². The van der Waals surface area contributed by atoms with E-state index in [9.17, 15) is 18.0 Å². The standard InChI is InChI=1S/C22H15ClF3N9O/c1-11-16(8-15(23)20(32-11)35-29-6-7-30-35)33-21(36)14-9-31-34(18(14)22(24,25)26)17-10-28-19(27)13-5-3-2-4-12(13)17/h2-10H,1H3,(H2,27,28)(H,33,36). The van der Waals surface area contributed by atoms with Crippen LogP contribution in [0.5, 0.6) is 0 Å². The Balaban J connectivity index is 1.57. The molecule has 14 heteroatoms. The molecule has 0 aliphatic carbocycles. The molecule has 0 bridgehead atoms. The Morgan fingerprint density at radius 2 is 1.78 bits per heavy atom. The van der Waals surface area contributed by atoms with E-state index in [4.69, 9.17) is 17.3 Å². The molecule has 0 fully saturated rings. The molecule has 0 unspecified atom stereocenters. The molecule has 3 N–H and O–H groups in total. The number of hydrogen-bond acceptors (Lipinski definition) is 7. The quantitative estimate of drug-likeness (QED) is 0.368. The molecule has 1 aromatic carbocycles. The number of pyridine rings is 2. The van der Waals surface area contributed by atoms with Crippen LogP contribution in [0.15, 0.2) is 55.1 Å². The molecule has 4 aromatic heterocycles. The van der Waals surface area contributed by atoms with Crippen LogP contribution in [-0.2, 0) is 6.18 Å². The minimum atomic E-state index is -4.92. The molecule has 0 aliphatic rings. The van der Waals surface area contributed by atoms with Crippen molar-refractivity contribution < 1.29 is 18.0 Å². The fraction of sp³-hybridized carbons (Fsp3) is 0.0909. The summed E-state index contributed by atoms with van der Waals surface area (Å²) in [6.45, 7) is 1.55. The molecule has 10 nitrogen and oxygen atoms in total. The Kier molecular flexibility index (Phi) is 5.55. The smallest absolute Gasteiger partial charge is 0.383 e. The number of amides is 1. The van der Waals surface area contributed by atoms with Gasteiger partial charge in [-0.3, -0.25) is 4.79 Å². The third-order valence-electron chi connectivity index (χ3n) is 5.32. The van der Waals surface area contributed by atoms with Gasteiger partial charge in [0.05, 0.1) is 52.4 Å². The number of rotatable bonds is 4. The number of nitrogens with two attached hydrogens (primary N) is 1. The van der Waals surface area contributed by atoms with E-state index in [-0.39, 0.29) is 33.7 Å². The van der Waals surface area contributed by atoms with E-state index >= 15 is 0 Å². The lowest BCUT2D eigenvalue weighted by Crippen LogP contribution is -2.21. The van der Waals surface area contributed by atoms with Gasteiger partial charge in [-0.15, -0.1) is 4.80 Å². The number of hydrogen-bond donors (Lipinski definition) is 2. The number of benzene rings is 1. The number of aromatic nitrogens is 7. The Morgan fingerprint density at radius 1 is 1.08 bits per heavy atom. The number of carbonyl (C=O) groups is 1. The highest BCUT2D eigenvalue weighted by Crippen LogP contribution is 2.36. The third kappa shape index (κ3) is 3.98. The van der Waals surface area contributed by atoms with Crippen LogP contribution in [0.25, 0.3) is 22.3 Å². The van der Waals surface area contributed by atoms with Crippen LogP contribution in [0.3, 0.4) is 0 Å². The van der Waals surface area contributed by atoms with E-state index < -0.39 is 23.3 Å². The molecule has 0 radical (unpaired) electrons. The zero-order valence-electron chi connectivity index (χ0n) is 18.3. The van der Waals surface area contributed by atoms with Crippen molar-refractivity contribution in [3.8, 4) is 11.5 Å². The first kappa shape index (κ1) is 23.2. The lowest BCUT2D eigenvalue weighted by Gasteiger charge is -2.15. The summed E-state index contributed by atoms with van der Waals surface area (Å²) in [7, 11) is 0. The number of nitrogen functional groups attached to an aromatic ring is 1. The summed E-state index contributed by atoms with van der Waals surface area (Å²) < 4.78 is 43.3. The van der Waals surface area contributed by atoms with Crippen molar-refractivity contribution in [2.75, 3.05) is 11.1 Å². The number of aryl methyl sites for hydroxylation is 1. The Bertz CT molecular complexity index is 1610. The number of alkyl halides is 3. The van der Waals surface area contributed by atoms with Crippen LogP contribution < -0.4 is 11.1 Å². The highest BCUT2D eigenvalue weighted by molar-refractivity contribution is 6.32. The number of anilines is 2. The van der Waals surface area contributed by atoms with E-state index in [2.05, 4.69) is 30.6 Å². The van der Waals surface area contributed by atoms with Crippen molar-refractivity contribution in [3.63, 3.8) is 0 Å². The Hall–Kier alpha value is -4.52. The maximum absolute atomic E-state index is 14.2. The molecule has 5 rings (SSSR count). The minimum absolute atomic E-state index is 0.0168. The third-order valence-corrected chi connectivity index (χ3v) is 5.60. The monoisotopic (exact) mass is 513 g/mol. The fourth-order valence-corrected chi connectivity index (χ4v) is 3.92. The summed E-state index contributed by atoms with van der Waals surface area (Å²) >= 11 is 6.25. The molecule has 182 valence electrons. The molecule has 36 heavy (non-hydrogen) atoms. The first-order valence-electron chi connectivity index (χ1n) is 10.3. The molecule has 0 aliphatic heterocycles. The number of nitrogens with zero attached hydrogens (tertiary/aromatic N) is 7. The van der Waals surface area contributed by atoms with Crippen LogP contribution >= 0.6 is 11.6 Å². The highest BCUT2D eigenvalue weighted by Gasteiger charge is 2.41. The zero-order chi connectivity index (χ0) is 25.6. The molecule has 0 spiro atoms. The van der Waals surface area contributed by atoms with Gasteiger partial charge in [-0.25, -0.2) is 14.6 Å². The summed E-state index contributed by atoms with van der Waals surface area (Å²) in [6.07, 6.45) is -0.0440. The van der Waals surface area contributed by atoms with E-state index in [1.807, 2.05) is 0 Å². The summed E-state index contributed by atoms with van der Waals surface area (Å²) in [5, 5.41) is 15.1. The van der Waals surface area contributed by atoms with E-state index in [0.29, 0.717) is 15.5 Å². The predicted octanol–water partition coefficient (Wildman–Crippen LogP) is 4.21. The fourth-order valence-electron chi connectivity index (χ4n) is 3.69. The second kappa shape index (κ2) is 8.61. The SMILES string of the molecule is Cc1nc(-n2nccn2)c(Cl)cc1NC(=O)c1cnn(-c2cnc(N)c3ccccc23)c1C(F)(F)F. The summed E-state index contributed by atoms with van der Waals surface area (Å²) in [5.74, 6) is -0.697. The summed E-state index contributed by atoms with van der Waals surface area (Å²) in [6, 6.07) is 7.92. The van der Waals surface area contributed by atoms with Crippen molar-refractivity contribution in [2.24, 2.45) is 0 Å². The van der Waals surface area contributed by atoms with E-state index in [0.717, 1.165) is 6.20 Å². The van der Waals surface area contributed by atoms with Gasteiger partial charge in [0.1, 0.15) is 5.82 Å². The Morgan fingerprint density at radius 3 is 2.47 bits per heavy atom. The number of halogens is 4. The van der Waals surface area contributed by atoms with Gasteiger partial charge in [0.25, 0.3) is 5.91 Å². The van der Waals surface area contributed by atoms with Crippen molar-refractivity contribution >= 4 is 39.8 Å². The first-order chi connectivity index (χ1) is 17.1. The van der Waals surface area contributed by atoms with E-state index in [1.165, 1.54) is 29.5 Å². The molecule has 0 saturated heterocycles. The maximum atomic E-state index is 14.2. The van der Waals surface area contributed by atoms with Crippen molar-refractivity contribution in [1.29, 1.82) is 0 Å².